The quantitative estimate of drug-likeness (QED) is 0.0274. The van der Waals surface area contributed by atoms with Crippen molar-refractivity contribution in [2.75, 3.05) is 6.54 Å². The standard InChI is InChI=1S/C48H86N12O15/c1-10-25(7)37(58-40(66)28(50)14-12-13-21-49)45(71)54-29(15-18-33(51)62)41(67)53-31(17-20-35(64)65)43(69)59-38(26(8)11-2)46(72)56-32(22-23(3)4)44(70)60-39(27(9)61)47(73)55-30(16-19-34(52)63)42(68)57-36(24(5)6)48(74)75/h23-32,36-39,61H,10-22,49-50H2,1-9H3,(H2,51,62)(H2,52,63)(H,53,67)(H,54,71)(H,55,73)(H,56,72)(H,57,68)(H,58,66)(H,59,69)(H,60,70)(H,64,65)(H,74,75)/t25-,26-,27+,28-,29-,30-,31-,32-,36-,37-,38-,39-/m0/s1. The van der Waals surface area contributed by atoms with Gasteiger partial charge in [0.2, 0.25) is 59.1 Å². The number of nitrogens with one attached hydrogen (secondary N) is 8. The highest BCUT2D eigenvalue weighted by molar-refractivity contribution is 5.98. The maximum atomic E-state index is 14.2. The van der Waals surface area contributed by atoms with E-state index in [4.69, 9.17) is 22.9 Å². The highest BCUT2D eigenvalue weighted by atomic mass is 16.4. The van der Waals surface area contributed by atoms with Crippen LogP contribution in [0.15, 0.2) is 0 Å². The Morgan fingerprint density at radius 2 is 0.813 bits per heavy atom. The van der Waals surface area contributed by atoms with Crippen LogP contribution >= 0.6 is 0 Å². The second kappa shape index (κ2) is 34.9. The molecule has 0 aromatic rings. The van der Waals surface area contributed by atoms with E-state index < -0.39 is 175 Å². The second-order valence-electron chi connectivity index (χ2n) is 19.7. The highest BCUT2D eigenvalue weighted by Crippen LogP contribution is 2.15. The van der Waals surface area contributed by atoms with Gasteiger partial charge in [-0.25, -0.2) is 4.79 Å². The lowest BCUT2D eigenvalue weighted by atomic mass is 9.95. The Labute approximate surface area is 438 Å². The Morgan fingerprint density at radius 3 is 1.19 bits per heavy atom. The SMILES string of the molecule is CC[C@H](C)[C@H](NC(=O)[C@H](CCC(=O)O)NC(=O)[C@H](CCC(N)=O)NC(=O)[C@@H](NC(=O)[C@@H](N)CCCCN)[C@@H](C)CC)C(=O)N[C@@H](CC(C)C)C(=O)N[C@H](C(=O)N[C@@H](CCC(N)=O)C(=O)N[C@H](C(=O)O)C(C)C)[C@@H](C)O. The third kappa shape index (κ3) is 26.0. The van der Waals surface area contributed by atoms with Crippen LogP contribution in [0.5, 0.6) is 0 Å². The molecule has 0 aromatic heterocycles. The second-order valence-corrected chi connectivity index (χ2v) is 19.7. The number of carboxylic acids is 2. The van der Waals surface area contributed by atoms with Gasteiger partial charge in [0.1, 0.15) is 48.3 Å². The summed E-state index contributed by atoms with van der Waals surface area (Å²) in [6.07, 6.45) is -2.43. The Hall–Kier alpha value is -6.48. The van der Waals surface area contributed by atoms with Crippen molar-refractivity contribution < 1.29 is 72.9 Å². The minimum atomic E-state index is -1.79. The van der Waals surface area contributed by atoms with E-state index in [0.29, 0.717) is 25.8 Å². The smallest absolute Gasteiger partial charge is 0.326 e. The lowest BCUT2D eigenvalue weighted by molar-refractivity contribution is -0.144. The molecule has 0 spiro atoms. The zero-order valence-corrected chi connectivity index (χ0v) is 44.8. The summed E-state index contributed by atoms with van der Waals surface area (Å²) >= 11 is 0. The van der Waals surface area contributed by atoms with Crippen LogP contribution in [0.3, 0.4) is 0 Å². The van der Waals surface area contributed by atoms with Gasteiger partial charge in [-0.15, -0.1) is 0 Å². The van der Waals surface area contributed by atoms with Gasteiger partial charge in [0.15, 0.2) is 0 Å². The predicted molar refractivity (Wildman–Crippen MR) is 273 cm³/mol. The molecule has 0 saturated heterocycles. The van der Waals surface area contributed by atoms with Gasteiger partial charge < -0.3 is 80.8 Å². The number of primary amides is 2. The first-order valence-corrected chi connectivity index (χ1v) is 25.5. The molecule has 0 saturated carbocycles. The molecular formula is C48H86N12O15. The molecule has 0 radical (unpaired) electrons. The van der Waals surface area contributed by atoms with Gasteiger partial charge in [-0.2, -0.15) is 0 Å². The lowest BCUT2D eigenvalue weighted by Crippen LogP contribution is -2.62. The highest BCUT2D eigenvalue weighted by Gasteiger charge is 2.38. The number of aliphatic hydroxyl groups excluding tert-OH is 1. The van der Waals surface area contributed by atoms with E-state index in [0.717, 1.165) is 6.92 Å². The van der Waals surface area contributed by atoms with Crippen LogP contribution in [0.1, 0.15) is 139 Å². The number of hydrogen-bond acceptors (Lipinski definition) is 15. The number of aliphatic hydroxyl groups is 1. The van der Waals surface area contributed by atoms with Gasteiger partial charge in [0.05, 0.1) is 12.1 Å². The number of amides is 10. The molecule has 12 atom stereocenters. The molecule has 428 valence electrons. The molecule has 75 heavy (non-hydrogen) atoms. The normalized spacial score (nSPS) is 16.1. The van der Waals surface area contributed by atoms with E-state index in [-0.39, 0.29) is 38.0 Å². The van der Waals surface area contributed by atoms with Crippen LogP contribution in [0.25, 0.3) is 0 Å². The zero-order chi connectivity index (χ0) is 57.9. The maximum Gasteiger partial charge on any atom is 0.326 e. The van der Waals surface area contributed by atoms with E-state index in [2.05, 4.69) is 42.5 Å². The Balaban J connectivity index is 6.79. The van der Waals surface area contributed by atoms with Crippen molar-refractivity contribution in [2.24, 2.45) is 46.6 Å². The maximum absolute atomic E-state index is 14.2. The van der Waals surface area contributed by atoms with Gasteiger partial charge in [0, 0.05) is 19.3 Å². The molecule has 0 aliphatic heterocycles. The summed E-state index contributed by atoms with van der Waals surface area (Å²) in [5.41, 5.74) is 22.3. The summed E-state index contributed by atoms with van der Waals surface area (Å²) in [5, 5.41) is 49.6. The van der Waals surface area contributed by atoms with Crippen molar-refractivity contribution >= 4 is 71.0 Å². The molecule has 0 rings (SSSR count). The van der Waals surface area contributed by atoms with Gasteiger partial charge in [-0.1, -0.05) is 74.7 Å². The van der Waals surface area contributed by atoms with Crippen molar-refractivity contribution in [3.05, 3.63) is 0 Å². The van der Waals surface area contributed by atoms with Crippen LogP contribution in [-0.4, -0.2) is 153 Å². The van der Waals surface area contributed by atoms with E-state index in [1.165, 1.54) is 13.8 Å². The van der Waals surface area contributed by atoms with Crippen molar-refractivity contribution in [3.8, 4) is 0 Å². The lowest BCUT2D eigenvalue weighted by Gasteiger charge is -2.31. The summed E-state index contributed by atoms with van der Waals surface area (Å²) in [4.78, 5) is 157. The number of nitrogens with two attached hydrogens (primary N) is 4. The Morgan fingerprint density at radius 1 is 0.453 bits per heavy atom. The van der Waals surface area contributed by atoms with Gasteiger partial charge in [-0.3, -0.25) is 52.7 Å². The summed E-state index contributed by atoms with van der Waals surface area (Å²) in [6, 6.07) is -13.1. The molecule has 0 fully saturated rings. The van der Waals surface area contributed by atoms with Gasteiger partial charge in [0.25, 0.3) is 0 Å². The van der Waals surface area contributed by atoms with Crippen LogP contribution in [0.2, 0.25) is 0 Å². The summed E-state index contributed by atoms with van der Waals surface area (Å²) in [7, 11) is 0. The average Bonchev–Trinajstić information content (AvgIpc) is 3.32. The van der Waals surface area contributed by atoms with Crippen LogP contribution in [-0.2, 0) is 57.5 Å². The van der Waals surface area contributed by atoms with E-state index >= 15 is 0 Å². The van der Waals surface area contributed by atoms with Gasteiger partial charge >= 0.3 is 11.9 Å². The van der Waals surface area contributed by atoms with E-state index in [9.17, 15) is 72.9 Å². The largest absolute Gasteiger partial charge is 0.481 e. The molecule has 0 heterocycles. The number of unbranched alkanes of at least 4 members (excludes halogenated alkanes) is 1. The molecule has 0 aliphatic carbocycles. The average molecular weight is 1070 g/mol. The first-order chi connectivity index (χ1) is 34.9. The first-order valence-electron chi connectivity index (χ1n) is 25.5. The summed E-state index contributed by atoms with van der Waals surface area (Å²) < 4.78 is 0. The number of carbonyl (C=O) groups is 12. The van der Waals surface area contributed by atoms with Gasteiger partial charge in [-0.05, 0) is 75.7 Å². The molecule has 0 bridgehead atoms. The molecule has 0 aliphatic rings. The summed E-state index contributed by atoms with van der Waals surface area (Å²) in [6.45, 7) is 14.7. The number of hydrogen-bond donors (Lipinski definition) is 15. The Kier molecular flexibility index (Phi) is 31.9. The number of aliphatic carboxylic acids is 2. The van der Waals surface area contributed by atoms with Crippen molar-refractivity contribution in [1.29, 1.82) is 0 Å². The van der Waals surface area contributed by atoms with Crippen LogP contribution < -0.4 is 65.5 Å². The van der Waals surface area contributed by atoms with Crippen molar-refractivity contribution in [3.63, 3.8) is 0 Å². The zero-order valence-electron chi connectivity index (χ0n) is 44.8. The fourth-order valence-electron chi connectivity index (χ4n) is 7.39. The number of rotatable bonds is 38. The monoisotopic (exact) mass is 1070 g/mol. The fourth-order valence-corrected chi connectivity index (χ4v) is 7.39. The molecule has 27 nitrogen and oxygen atoms in total. The molecular weight excluding hydrogens is 985 g/mol. The summed E-state index contributed by atoms with van der Waals surface area (Å²) in [5.74, 6) is -14.1. The van der Waals surface area contributed by atoms with E-state index in [1.807, 2.05) is 0 Å². The number of carboxylic acid groups (broad SMARTS) is 2. The van der Waals surface area contributed by atoms with Crippen molar-refractivity contribution in [1.82, 2.24) is 42.5 Å². The van der Waals surface area contributed by atoms with Crippen LogP contribution in [0, 0.1) is 23.7 Å². The topological polar surface area (TPSA) is 466 Å². The third-order valence-electron chi connectivity index (χ3n) is 12.4. The van der Waals surface area contributed by atoms with E-state index in [1.54, 1.807) is 41.5 Å². The molecule has 0 aromatic carbocycles. The molecule has 10 amide bonds. The predicted octanol–water partition coefficient (Wildman–Crippen LogP) is -3.02. The van der Waals surface area contributed by atoms with Crippen LogP contribution in [0.4, 0.5) is 0 Å². The molecule has 19 N–H and O–H groups in total. The third-order valence-corrected chi connectivity index (χ3v) is 12.4. The number of carbonyl (C=O) groups excluding carboxylic acids is 10. The van der Waals surface area contributed by atoms with Crippen molar-refractivity contribution in [2.45, 2.75) is 200 Å². The first kappa shape index (κ1) is 68.5. The minimum Gasteiger partial charge on any atom is -0.481 e. The Bertz CT molecular complexity index is 1950. The molecule has 27 heteroatoms. The fraction of sp³-hybridized carbons (Fsp3) is 0.750. The minimum absolute atomic E-state index is 0.0683. The molecule has 0 unspecified atom stereocenters.